The molecule has 28 heavy (non-hydrogen) atoms. The van der Waals surface area contributed by atoms with E-state index in [9.17, 15) is 4.79 Å². The van der Waals surface area contributed by atoms with Gasteiger partial charge in [0.05, 0.1) is 6.54 Å². The minimum Gasteiger partial charge on any atom is -0.323 e. The summed E-state index contributed by atoms with van der Waals surface area (Å²) >= 11 is 8.22. The van der Waals surface area contributed by atoms with E-state index in [1.807, 2.05) is 29.2 Å². The van der Waals surface area contributed by atoms with Crippen LogP contribution in [0.15, 0.2) is 48.5 Å². The zero-order chi connectivity index (χ0) is 20.1. The van der Waals surface area contributed by atoms with Crippen molar-refractivity contribution in [3.8, 4) is 0 Å². The van der Waals surface area contributed by atoms with Crippen molar-refractivity contribution in [2.75, 3.05) is 25.4 Å². The Morgan fingerprint density at radius 3 is 2.64 bits per heavy atom. The number of carbonyl (C=O) groups excluding carboxylic acids is 1. The molecule has 3 rings (SSSR count). The van der Waals surface area contributed by atoms with E-state index in [1.165, 1.54) is 16.0 Å². The zero-order valence-corrected chi connectivity index (χ0v) is 18.5. The van der Waals surface area contributed by atoms with Crippen molar-refractivity contribution in [2.45, 2.75) is 32.7 Å². The molecule has 0 saturated carbocycles. The molecule has 1 fully saturated rings. The zero-order valence-electron chi connectivity index (χ0n) is 17.0. The third-order valence-electron chi connectivity index (χ3n) is 5.18. The summed E-state index contributed by atoms with van der Waals surface area (Å²) in [6.07, 6.45) is 0. The van der Waals surface area contributed by atoms with E-state index in [4.69, 9.17) is 11.6 Å². The summed E-state index contributed by atoms with van der Waals surface area (Å²) < 4.78 is 0. The average molecular weight is 418 g/mol. The predicted molar refractivity (Wildman–Crippen MR) is 119 cm³/mol. The van der Waals surface area contributed by atoms with E-state index in [0.29, 0.717) is 12.5 Å². The van der Waals surface area contributed by atoms with Crippen LogP contribution in [0.1, 0.15) is 35.9 Å². The molecule has 0 aliphatic carbocycles. The fraction of sp³-hybridized carbons (Fsp3) is 0.435. The summed E-state index contributed by atoms with van der Waals surface area (Å²) in [6, 6.07) is 16.4. The van der Waals surface area contributed by atoms with Gasteiger partial charge in [-0.3, -0.25) is 4.79 Å². The fourth-order valence-electron chi connectivity index (χ4n) is 3.84. The minimum absolute atomic E-state index is 0.0277. The highest BCUT2D eigenvalue weighted by Crippen LogP contribution is 2.40. The first-order valence-corrected chi connectivity index (χ1v) is 11.4. The Morgan fingerprint density at radius 2 is 1.93 bits per heavy atom. The summed E-state index contributed by atoms with van der Waals surface area (Å²) in [5.74, 6) is 1.72. The molecule has 1 aliphatic rings. The first-order valence-electron chi connectivity index (χ1n) is 9.99. The molecule has 1 amide bonds. The van der Waals surface area contributed by atoms with Gasteiger partial charge >= 0.3 is 0 Å². The number of nitrogens with one attached hydrogen (secondary N) is 1. The van der Waals surface area contributed by atoms with Crippen LogP contribution in [0, 0.1) is 12.8 Å². The Bertz CT molecular complexity index is 811. The number of hydrogen-bond donors (Lipinski definition) is 1. The van der Waals surface area contributed by atoms with E-state index >= 15 is 0 Å². The number of quaternary nitrogens is 1. The number of hydrogen-bond acceptors (Lipinski definition) is 2. The van der Waals surface area contributed by atoms with Crippen LogP contribution < -0.4 is 4.90 Å². The molecule has 2 aromatic rings. The molecule has 5 heteroatoms. The van der Waals surface area contributed by atoms with Gasteiger partial charge in [-0.05, 0) is 18.6 Å². The number of halogens is 1. The van der Waals surface area contributed by atoms with Crippen LogP contribution in [0.3, 0.4) is 0 Å². The topological polar surface area (TPSA) is 24.8 Å². The van der Waals surface area contributed by atoms with Crippen LogP contribution in [0.2, 0.25) is 5.02 Å². The molecular weight excluding hydrogens is 388 g/mol. The SMILES string of the molecule is Cc1ccccc1C[NH+](CC(=O)N1CCS[C@@H]1c1ccccc1Cl)CC(C)C. The highest BCUT2D eigenvalue weighted by atomic mass is 35.5. The quantitative estimate of drug-likeness (QED) is 0.737. The van der Waals surface area contributed by atoms with E-state index < -0.39 is 0 Å². The summed E-state index contributed by atoms with van der Waals surface area (Å²) in [4.78, 5) is 16.6. The molecule has 2 aromatic carbocycles. The molecule has 1 N–H and O–H groups in total. The van der Waals surface area contributed by atoms with Gasteiger partial charge in [-0.2, -0.15) is 0 Å². The lowest BCUT2D eigenvalue weighted by molar-refractivity contribution is -0.909. The number of carbonyl (C=O) groups is 1. The molecule has 0 radical (unpaired) electrons. The number of rotatable bonds is 7. The monoisotopic (exact) mass is 417 g/mol. The van der Waals surface area contributed by atoms with Gasteiger partial charge in [0.15, 0.2) is 6.54 Å². The molecule has 0 aromatic heterocycles. The van der Waals surface area contributed by atoms with Gasteiger partial charge in [0.25, 0.3) is 5.91 Å². The van der Waals surface area contributed by atoms with Crippen molar-refractivity contribution in [3.05, 3.63) is 70.2 Å². The second kappa shape index (κ2) is 9.82. The van der Waals surface area contributed by atoms with Crippen molar-refractivity contribution in [3.63, 3.8) is 0 Å². The van der Waals surface area contributed by atoms with Crippen molar-refractivity contribution >= 4 is 29.3 Å². The molecule has 0 bridgehead atoms. The lowest BCUT2D eigenvalue weighted by Crippen LogP contribution is -3.12. The van der Waals surface area contributed by atoms with E-state index in [-0.39, 0.29) is 11.3 Å². The lowest BCUT2D eigenvalue weighted by atomic mass is 10.1. The number of aryl methyl sites for hydroxylation is 1. The standard InChI is InChI=1S/C23H29ClN2OS/c1-17(2)14-25(15-19-9-5-4-8-18(19)3)16-22(27)26-12-13-28-23(26)20-10-6-7-11-21(20)24/h4-11,17,23H,12-16H2,1-3H3/p+1/t23-/m1/s1. The lowest BCUT2D eigenvalue weighted by Gasteiger charge is -2.28. The molecule has 3 nitrogen and oxygen atoms in total. The average Bonchev–Trinajstić information content (AvgIpc) is 3.13. The maximum absolute atomic E-state index is 13.3. The van der Waals surface area contributed by atoms with Gasteiger partial charge in [0.2, 0.25) is 0 Å². The molecule has 1 heterocycles. The largest absolute Gasteiger partial charge is 0.323 e. The smallest absolute Gasteiger partial charge is 0.278 e. The summed E-state index contributed by atoms with van der Waals surface area (Å²) in [5.41, 5.74) is 3.66. The highest BCUT2D eigenvalue weighted by molar-refractivity contribution is 7.99. The summed E-state index contributed by atoms with van der Waals surface area (Å²) in [7, 11) is 0. The van der Waals surface area contributed by atoms with Gasteiger partial charge in [-0.15, -0.1) is 11.8 Å². The minimum atomic E-state index is 0.0277. The fourth-order valence-corrected chi connectivity index (χ4v) is 5.45. The van der Waals surface area contributed by atoms with Gasteiger partial charge in [0, 0.05) is 34.4 Å². The van der Waals surface area contributed by atoms with E-state index in [1.54, 1.807) is 11.8 Å². The first kappa shape index (κ1) is 21.2. The van der Waals surface area contributed by atoms with Crippen molar-refractivity contribution in [1.82, 2.24) is 4.90 Å². The summed E-state index contributed by atoms with van der Waals surface area (Å²) in [5, 5.41) is 0.769. The second-order valence-corrected chi connectivity index (χ2v) is 9.56. The van der Waals surface area contributed by atoms with Crippen LogP contribution in [0.5, 0.6) is 0 Å². The van der Waals surface area contributed by atoms with Gasteiger partial charge in [-0.25, -0.2) is 0 Å². The Balaban J connectivity index is 1.73. The Morgan fingerprint density at radius 1 is 1.21 bits per heavy atom. The van der Waals surface area contributed by atoms with Crippen LogP contribution in [0.4, 0.5) is 0 Å². The maximum Gasteiger partial charge on any atom is 0.278 e. The van der Waals surface area contributed by atoms with Crippen LogP contribution in [-0.2, 0) is 11.3 Å². The van der Waals surface area contributed by atoms with Gasteiger partial charge in [-0.1, -0.05) is 67.9 Å². The van der Waals surface area contributed by atoms with Crippen LogP contribution >= 0.6 is 23.4 Å². The molecular formula is C23H30ClN2OS+. The third-order valence-corrected chi connectivity index (χ3v) is 6.77. The Hall–Kier alpha value is -1.49. The molecule has 2 atom stereocenters. The summed E-state index contributed by atoms with van der Waals surface area (Å²) in [6.45, 7) is 9.77. The highest BCUT2D eigenvalue weighted by Gasteiger charge is 2.33. The molecule has 1 aliphatic heterocycles. The van der Waals surface area contributed by atoms with Crippen molar-refractivity contribution < 1.29 is 9.69 Å². The molecule has 0 spiro atoms. The number of nitrogens with zero attached hydrogens (tertiary/aromatic N) is 1. The molecule has 1 unspecified atom stereocenters. The number of benzene rings is 2. The first-order chi connectivity index (χ1) is 13.5. The maximum atomic E-state index is 13.3. The molecule has 1 saturated heterocycles. The van der Waals surface area contributed by atoms with E-state index in [0.717, 1.165) is 36.0 Å². The second-order valence-electron chi connectivity index (χ2n) is 7.96. The normalized spacial score (nSPS) is 17.9. The number of amides is 1. The van der Waals surface area contributed by atoms with E-state index in [2.05, 4.69) is 45.0 Å². The van der Waals surface area contributed by atoms with Crippen LogP contribution in [0.25, 0.3) is 0 Å². The van der Waals surface area contributed by atoms with Crippen molar-refractivity contribution in [2.24, 2.45) is 5.92 Å². The number of thioether (sulfide) groups is 1. The van der Waals surface area contributed by atoms with Crippen molar-refractivity contribution in [1.29, 1.82) is 0 Å². The van der Waals surface area contributed by atoms with Gasteiger partial charge < -0.3 is 9.80 Å². The molecule has 150 valence electrons. The predicted octanol–water partition coefficient (Wildman–Crippen LogP) is 3.96. The van der Waals surface area contributed by atoms with Crippen LogP contribution in [-0.4, -0.2) is 36.2 Å². The Kier molecular flexibility index (Phi) is 7.44. The Labute approximate surface area is 178 Å². The third kappa shape index (κ3) is 5.31. The van der Waals surface area contributed by atoms with Gasteiger partial charge in [0.1, 0.15) is 11.9 Å².